The van der Waals surface area contributed by atoms with Crippen molar-refractivity contribution in [2.75, 3.05) is 28.4 Å². The minimum absolute atomic E-state index is 0.00767. The van der Waals surface area contributed by atoms with E-state index in [-0.39, 0.29) is 12.2 Å². The number of hydrogen-bond donors (Lipinski definition) is 0. The average molecular weight is 364 g/mol. The van der Waals surface area contributed by atoms with Crippen molar-refractivity contribution >= 4 is 17.7 Å². The van der Waals surface area contributed by atoms with Crippen LogP contribution < -0.4 is 9.47 Å². The molecule has 0 aliphatic heterocycles. The van der Waals surface area contributed by atoms with Crippen LogP contribution in [0.25, 0.3) is 0 Å². The molecule has 1 fully saturated rings. The van der Waals surface area contributed by atoms with Crippen LogP contribution in [0.1, 0.15) is 36.0 Å². The van der Waals surface area contributed by atoms with E-state index in [2.05, 4.69) is 0 Å². The van der Waals surface area contributed by atoms with Crippen LogP contribution in [0.3, 0.4) is 0 Å². The number of benzene rings is 1. The van der Waals surface area contributed by atoms with Crippen molar-refractivity contribution in [2.45, 2.75) is 25.7 Å². The third-order valence-corrected chi connectivity index (χ3v) is 5.06. The number of Topliss-reactive ketones (excluding diaryl/α,β-unsaturated/α-hetero) is 1. The van der Waals surface area contributed by atoms with Gasteiger partial charge in [0, 0.05) is 6.42 Å². The zero-order valence-electron chi connectivity index (χ0n) is 15.5. The highest BCUT2D eigenvalue weighted by atomic mass is 16.5. The molecule has 1 aliphatic rings. The molecule has 0 spiro atoms. The van der Waals surface area contributed by atoms with E-state index in [1.54, 1.807) is 18.2 Å². The van der Waals surface area contributed by atoms with E-state index in [0.29, 0.717) is 36.3 Å². The summed E-state index contributed by atoms with van der Waals surface area (Å²) in [5.74, 6) is -1.10. The maximum Gasteiger partial charge on any atom is 0.323 e. The lowest BCUT2D eigenvalue weighted by molar-refractivity contribution is -0.172. The Morgan fingerprint density at radius 3 is 2.23 bits per heavy atom. The maximum absolute atomic E-state index is 12.9. The fourth-order valence-electron chi connectivity index (χ4n) is 3.70. The number of carbonyl (C=O) groups excluding carboxylic acids is 3. The van der Waals surface area contributed by atoms with Crippen LogP contribution in [0.15, 0.2) is 18.2 Å². The highest BCUT2D eigenvalue weighted by Gasteiger charge is 2.57. The molecular weight excluding hydrogens is 340 g/mol. The topological polar surface area (TPSA) is 88.1 Å². The van der Waals surface area contributed by atoms with Gasteiger partial charge in [0.2, 0.25) is 0 Å². The molecule has 1 aromatic rings. The molecule has 0 unspecified atom stereocenters. The van der Waals surface area contributed by atoms with Crippen LogP contribution in [0.5, 0.6) is 11.5 Å². The van der Waals surface area contributed by atoms with Crippen molar-refractivity contribution in [1.82, 2.24) is 0 Å². The minimum Gasteiger partial charge on any atom is -0.497 e. The van der Waals surface area contributed by atoms with Gasteiger partial charge in [-0.2, -0.15) is 0 Å². The molecule has 0 bridgehead atoms. The number of hydrogen-bond acceptors (Lipinski definition) is 7. The van der Waals surface area contributed by atoms with Gasteiger partial charge in [0.1, 0.15) is 11.5 Å². The van der Waals surface area contributed by atoms with Crippen LogP contribution in [0.2, 0.25) is 0 Å². The monoisotopic (exact) mass is 364 g/mol. The highest BCUT2D eigenvalue weighted by Crippen LogP contribution is 2.48. The molecule has 7 heteroatoms. The van der Waals surface area contributed by atoms with Crippen molar-refractivity contribution in [3.63, 3.8) is 0 Å². The molecule has 1 aromatic carbocycles. The van der Waals surface area contributed by atoms with Crippen molar-refractivity contribution in [1.29, 1.82) is 0 Å². The fraction of sp³-hybridized carbons (Fsp3) is 0.526. The van der Waals surface area contributed by atoms with E-state index in [0.717, 1.165) is 0 Å². The first-order valence-corrected chi connectivity index (χ1v) is 8.36. The molecule has 0 amide bonds. The van der Waals surface area contributed by atoms with Crippen molar-refractivity contribution in [3.05, 3.63) is 23.8 Å². The molecule has 26 heavy (non-hydrogen) atoms. The number of methoxy groups -OCH3 is 4. The number of esters is 2. The SMILES string of the molecule is COC(=O)C1(C(=O)OC)CCC[C@H]1CC(=O)c1cc(OC)ccc1OC. The quantitative estimate of drug-likeness (QED) is 0.417. The summed E-state index contributed by atoms with van der Waals surface area (Å²) in [6.45, 7) is 0. The molecule has 142 valence electrons. The number of carbonyl (C=O) groups is 3. The maximum atomic E-state index is 12.9. The van der Waals surface area contributed by atoms with Crippen molar-refractivity contribution in [3.8, 4) is 11.5 Å². The van der Waals surface area contributed by atoms with Gasteiger partial charge < -0.3 is 18.9 Å². The number of ether oxygens (including phenoxy) is 4. The summed E-state index contributed by atoms with van der Waals surface area (Å²) in [5, 5.41) is 0. The number of ketones is 1. The predicted molar refractivity (Wildman–Crippen MR) is 92.3 cm³/mol. The van der Waals surface area contributed by atoms with Gasteiger partial charge in [0.05, 0.1) is 34.0 Å². The van der Waals surface area contributed by atoms with E-state index in [1.165, 1.54) is 28.4 Å². The Bertz CT molecular complexity index is 679. The van der Waals surface area contributed by atoms with E-state index in [4.69, 9.17) is 18.9 Å². The van der Waals surface area contributed by atoms with Gasteiger partial charge in [-0.1, -0.05) is 6.42 Å². The fourth-order valence-corrected chi connectivity index (χ4v) is 3.70. The Labute approximate surface area is 152 Å². The molecule has 0 saturated heterocycles. The summed E-state index contributed by atoms with van der Waals surface area (Å²) in [5.41, 5.74) is -1.09. The summed E-state index contributed by atoms with van der Waals surface area (Å²) in [6, 6.07) is 4.93. The molecule has 1 atom stereocenters. The van der Waals surface area contributed by atoms with Crippen LogP contribution in [0.4, 0.5) is 0 Å². The van der Waals surface area contributed by atoms with Crippen LogP contribution in [-0.4, -0.2) is 46.2 Å². The smallest absolute Gasteiger partial charge is 0.323 e. The Hall–Kier alpha value is -2.57. The zero-order valence-corrected chi connectivity index (χ0v) is 15.5. The molecule has 0 radical (unpaired) electrons. The molecule has 1 aliphatic carbocycles. The molecule has 0 aromatic heterocycles. The Balaban J connectivity index is 2.35. The zero-order chi connectivity index (χ0) is 19.3. The molecule has 2 rings (SSSR count). The Morgan fingerprint density at radius 1 is 1.04 bits per heavy atom. The van der Waals surface area contributed by atoms with Crippen molar-refractivity contribution < 1.29 is 33.3 Å². The lowest BCUT2D eigenvalue weighted by atomic mass is 9.75. The summed E-state index contributed by atoms with van der Waals surface area (Å²) in [7, 11) is 5.44. The van der Waals surface area contributed by atoms with Gasteiger partial charge >= 0.3 is 11.9 Å². The molecule has 7 nitrogen and oxygen atoms in total. The van der Waals surface area contributed by atoms with Crippen molar-refractivity contribution in [2.24, 2.45) is 11.3 Å². The first-order chi connectivity index (χ1) is 12.4. The Kier molecular flexibility index (Phi) is 6.23. The van der Waals surface area contributed by atoms with Crippen LogP contribution in [0, 0.1) is 11.3 Å². The van der Waals surface area contributed by atoms with Gasteiger partial charge in [0.15, 0.2) is 11.2 Å². The molecular formula is C19H24O7. The lowest BCUT2D eigenvalue weighted by Crippen LogP contribution is -2.44. The number of rotatable bonds is 7. The molecule has 1 saturated carbocycles. The second-order valence-electron chi connectivity index (χ2n) is 6.24. The summed E-state index contributed by atoms with van der Waals surface area (Å²) >= 11 is 0. The van der Waals surface area contributed by atoms with Crippen LogP contribution >= 0.6 is 0 Å². The highest BCUT2D eigenvalue weighted by molar-refractivity contribution is 6.03. The average Bonchev–Trinajstić information content (AvgIpc) is 3.10. The summed E-state index contributed by atoms with van der Waals surface area (Å²) < 4.78 is 20.2. The summed E-state index contributed by atoms with van der Waals surface area (Å²) in [4.78, 5) is 37.7. The first-order valence-electron chi connectivity index (χ1n) is 8.36. The summed E-state index contributed by atoms with van der Waals surface area (Å²) in [6.07, 6.45) is 1.51. The third-order valence-electron chi connectivity index (χ3n) is 5.06. The van der Waals surface area contributed by atoms with Gasteiger partial charge in [-0.3, -0.25) is 14.4 Å². The van der Waals surface area contributed by atoms with E-state index < -0.39 is 23.3 Å². The molecule has 0 heterocycles. The van der Waals surface area contributed by atoms with E-state index in [1.807, 2.05) is 0 Å². The van der Waals surface area contributed by atoms with E-state index in [9.17, 15) is 14.4 Å². The largest absolute Gasteiger partial charge is 0.497 e. The normalized spacial score (nSPS) is 18.1. The lowest BCUT2D eigenvalue weighted by Gasteiger charge is -2.29. The van der Waals surface area contributed by atoms with Gasteiger partial charge in [-0.25, -0.2) is 0 Å². The van der Waals surface area contributed by atoms with Gasteiger partial charge in [-0.05, 0) is 37.0 Å². The molecule has 0 N–H and O–H groups in total. The standard InChI is InChI=1S/C19H24O7/c1-23-13-7-8-16(24-2)14(11-13)15(20)10-12-6-5-9-19(12,17(21)25-3)18(22)26-4/h7-8,11-12H,5-6,9-10H2,1-4H3/t12-/m0/s1. The van der Waals surface area contributed by atoms with E-state index >= 15 is 0 Å². The second-order valence-corrected chi connectivity index (χ2v) is 6.24. The Morgan fingerprint density at radius 2 is 1.69 bits per heavy atom. The second kappa shape index (κ2) is 8.21. The third kappa shape index (κ3) is 3.38. The van der Waals surface area contributed by atoms with Gasteiger partial charge in [-0.15, -0.1) is 0 Å². The first kappa shape index (κ1) is 19.8. The van der Waals surface area contributed by atoms with Crippen LogP contribution in [-0.2, 0) is 19.1 Å². The van der Waals surface area contributed by atoms with Gasteiger partial charge in [0.25, 0.3) is 0 Å². The predicted octanol–water partition coefficient (Wildman–Crippen LogP) is 2.41. The minimum atomic E-state index is -1.44.